The predicted molar refractivity (Wildman–Crippen MR) is 75.0 cm³/mol. The van der Waals surface area contributed by atoms with Gasteiger partial charge in [-0.1, -0.05) is 6.07 Å². The van der Waals surface area contributed by atoms with Crippen molar-refractivity contribution in [2.24, 2.45) is 0 Å². The molecule has 1 N–H and O–H groups in total. The van der Waals surface area contributed by atoms with E-state index in [9.17, 15) is 9.59 Å². The maximum Gasteiger partial charge on any atom is 0.261 e. The Kier molecular flexibility index (Phi) is 3.72. The topological polar surface area (TPSA) is 55.4 Å². The van der Waals surface area contributed by atoms with Crippen LogP contribution >= 0.6 is 0 Å². The van der Waals surface area contributed by atoms with Crippen LogP contribution in [0.3, 0.4) is 0 Å². The minimum absolute atomic E-state index is 0.0495. The number of amides is 1. The van der Waals surface area contributed by atoms with E-state index in [1.807, 2.05) is 12.1 Å². The van der Waals surface area contributed by atoms with Crippen LogP contribution in [0.1, 0.15) is 48.0 Å². The van der Waals surface area contributed by atoms with E-state index < -0.39 is 6.10 Å². The largest absolute Gasteiger partial charge is 0.481 e. The lowest BCUT2D eigenvalue weighted by Crippen LogP contribution is -2.36. The monoisotopic (exact) mass is 273 g/mol. The summed E-state index contributed by atoms with van der Waals surface area (Å²) in [4.78, 5) is 23.8. The Morgan fingerprint density at radius 1 is 1.10 bits per heavy atom. The van der Waals surface area contributed by atoms with Crippen molar-refractivity contribution in [3.8, 4) is 5.75 Å². The van der Waals surface area contributed by atoms with E-state index in [0.29, 0.717) is 12.2 Å². The molecular formula is C16H19NO3. The number of benzene rings is 1. The number of ether oxygens (including phenoxy) is 1. The smallest absolute Gasteiger partial charge is 0.261 e. The van der Waals surface area contributed by atoms with Gasteiger partial charge in [0.05, 0.1) is 0 Å². The van der Waals surface area contributed by atoms with E-state index >= 15 is 0 Å². The first-order valence-corrected chi connectivity index (χ1v) is 7.34. The van der Waals surface area contributed by atoms with Gasteiger partial charge in [-0.15, -0.1) is 0 Å². The van der Waals surface area contributed by atoms with Gasteiger partial charge >= 0.3 is 0 Å². The summed E-state index contributed by atoms with van der Waals surface area (Å²) in [6, 6.07) is 5.63. The van der Waals surface area contributed by atoms with Crippen LogP contribution in [0.15, 0.2) is 18.2 Å². The van der Waals surface area contributed by atoms with Crippen LogP contribution in [0, 0.1) is 0 Å². The van der Waals surface area contributed by atoms with E-state index in [1.54, 1.807) is 6.07 Å². The van der Waals surface area contributed by atoms with Crippen LogP contribution in [0.4, 0.5) is 0 Å². The number of nitrogens with one attached hydrogen (secondary N) is 1. The van der Waals surface area contributed by atoms with Crippen LogP contribution < -0.4 is 10.1 Å². The summed E-state index contributed by atoms with van der Waals surface area (Å²) in [6.45, 7) is 0.724. The average molecular weight is 273 g/mol. The number of fused-ring (bicyclic) bond motifs is 1. The summed E-state index contributed by atoms with van der Waals surface area (Å²) < 4.78 is 5.80. The summed E-state index contributed by atoms with van der Waals surface area (Å²) in [6.07, 6.45) is 4.76. The Bertz CT molecular complexity index is 539. The molecule has 0 bridgehead atoms. The number of hydrogen-bond donors (Lipinski definition) is 1. The van der Waals surface area contributed by atoms with Gasteiger partial charge in [-0.25, -0.2) is 0 Å². The van der Waals surface area contributed by atoms with E-state index in [-0.39, 0.29) is 11.7 Å². The molecule has 2 aliphatic rings. The van der Waals surface area contributed by atoms with Gasteiger partial charge < -0.3 is 10.1 Å². The molecule has 0 radical (unpaired) electrons. The Morgan fingerprint density at radius 2 is 2.00 bits per heavy atom. The zero-order chi connectivity index (χ0) is 13.9. The number of carbonyl (C=O) groups is 2. The quantitative estimate of drug-likeness (QED) is 0.899. The van der Waals surface area contributed by atoms with Crippen molar-refractivity contribution in [3.05, 3.63) is 29.3 Å². The molecule has 106 valence electrons. The maximum atomic E-state index is 11.9. The van der Waals surface area contributed by atoms with E-state index in [2.05, 4.69) is 5.32 Å². The molecule has 0 saturated carbocycles. The van der Waals surface area contributed by atoms with Crippen LogP contribution in [0.5, 0.6) is 5.75 Å². The molecule has 4 nitrogen and oxygen atoms in total. The second kappa shape index (κ2) is 5.65. The third kappa shape index (κ3) is 2.69. The normalized spacial score (nSPS) is 22.7. The van der Waals surface area contributed by atoms with Crippen LogP contribution in [0.2, 0.25) is 0 Å². The Labute approximate surface area is 118 Å². The molecule has 1 aliphatic heterocycles. The van der Waals surface area contributed by atoms with Crippen molar-refractivity contribution in [1.82, 2.24) is 5.32 Å². The summed E-state index contributed by atoms with van der Waals surface area (Å²) in [5, 5.41) is 2.86. The first-order valence-electron chi connectivity index (χ1n) is 7.34. The Balaban J connectivity index is 1.79. The molecule has 4 heteroatoms. The molecule has 20 heavy (non-hydrogen) atoms. The van der Waals surface area contributed by atoms with Gasteiger partial charge in [0, 0.05) is 18.5 Å². The number of aryl methyl sites for hydroxylation is 1. The fourth-order valence-electron chi connectivity index (χ4n) is 2.87. The third-order valence-corrected chi connectivity index (χ3v) is 3.99. The van der Waals surface area contributed by atoms with Crippen LogP contribution in [0.25, 0.3) is 0 Å². The average Bonchev–Trinajstić information content (AvgIpc) is 2.65. The van der Waals surface area contributed by atoms with Gasteiger partial charge in [0.1, 0.15) is 5.75 Å². The summed E-state index contributed by atoms with van der Waals surface area (Å²) >= 11 is 0. The van der Waals surface area contributed by atoms with E-state index in [0.717, 1.165) is 49.8 Å². The summed E-state index contributed by atoms with van der Waals surface area (Å²) in [5.74, 6) is 0.759. The minimum Gasteiger partial charge on any atom is -0.481 e. The molecule has 0 aromatic heterocycles. The second-order valence-electron chi connectivity index (χ2n) is 5.49. The number of Topliss-reactive ketones (excluding diaryl/α,β-unsaturated/α-hetero) is 1. The lowest BCUT2D eigenvalue weighted by atomic mass is 9.90. The van der Waals surface area contributed by atoms with Crippen molar-refractivity contribution in [3.63, 3.8) is 0 Å². The Morgan fingerprint density at radius 3 is 2.90 bits per heavy atom. The van der Waals surface area contributed by atoms with Crippen molar-refractivity contribution >= 4 is 11.7 Å². The van der Waals surface area contributed by atoms with E-state index in [1.165, 1.54) is 0 Å². The zero-order valence-corrected chi connectivity index (χ0v) is 11.5. The van der Waals surface area contributed by atoms with Crippen molar-refractivity contribution < 1.29 is 14.3 Å². The molecule has 1 unspecified atom stereocenters. The number of rotatable bonds is 2. The molecule has 1 aliphatic carbocycles. The van der Waals surface area contributed by atoms with Crippen molar-refractivity contribution in [2.45, 2.75) is 44.6 Å². The first-order chi connectivity index (χ1) is 9.74. The molecule has 1 fully saturated rings. The van der Waals surface area contributed by atoms with Crippen LogP contribution in [-0.4, -0.2) is 24.3 Å². The van der Waals surface area contributed by atoms with Gasteiger partial charge in [0.15, 0.2) is 11.9 Å². The molecule has 1 amide bonds. The van der Waals surface area contributed by atoms with Gasteiger partial charge in [0.25, 0.3) is 5.91 Å². The molecule has 0 spiro atoms. The molecule has 1 heterocycles. The van der Waals surface area contributed by atoms with Gasteiger partial charge in [-0.2, -0.15) is 0 Å². The predicted octanol–water partition coefficient (Wildman–Crippen LogP) is 2.25. The highest BCUT2D eigenvalue weighted by Crippen LogP contribution is 2.26. The number of carbonyl (C=O) groups excluding carboxylic acids is 2. The summed E-state index contributed by atoms with van der Waals surface area (Å²) in [5.41, 5.74) is 1.86. The first kappa shape index (κ1) is 13.2. The van der Waals surface area contributed by atoms with Gasteiger partial charge in [0.2, 0.25) is 0 Å². The molecular weight excluding hydrogens is 254 g/mol. The Hall–Kier alpha value is -1.84. The molecule has 1 aromatic carbocycles. The molecule has 3 rings (SSSR count). The standard InChI is InChI=1S/C16H19NO3/c18-14-5-3-4-11-7-8-12(10-13(11)14)20-15-6-1-2-9-17-16(15)19/h7-8,10,15H,1-6,9H2,(H,17,19). The fraction of sp³-hybridized carbons (Fsp3) is 0.500. The van der Waals surface area contributed by atoms with E-state index in [4.69, 9.17) is 4.74 Å². The second-order valence-corrected chi connectivity index (χ2v) is 5.49. The number of ketones is 1. The molecule has 1 atom stereocenters. The zero-order valence-electron chi connectivity index (χ0n) is 11.5. The highest BCUT2D eigenvalue weighted by molar-refractivity contribution is 5.98. The minimum atomic E-state index is -0.436. The molecule has 1 aromatic rings. The summed E-state index contributed by atoms with van der Waals surface area (Å²) in [7, 11) is 0. The lowest BCUT2D eigenvalue weighted by Gasteiger charge is -2.19. The van der Waals surface area contributed by atoms with Crippen molar-refractivity contribution in [1.29, 1.82) is 0 Å². The SMILES string of the molecule is O=C1CCCc2ccc(OC3CCCCNC3=O)cc21. The maximum absolute atomic E-state index is 11.9. The highest BCUT2D eigenvalue weighted by Gasteiger charge is 2.23. The van der Waals surface area contributed by atoms with Crippen LogP contribution in [-0.2, 0) is 11.2 Å². The lowest BCUT2D eigenvalue weighted by molar-refractivity contribution is -0.127. The van der Waals surface area contributed by atoms with Crippen molar-refractivity contribution in [2.75, 3.05) is 6.54 Å². The third-order valence-electron chi connectivity index (χ3n) is 3.99. The highest BCUT2D eigenvalue weighted by atomic mass is 16.5. The van der Waals surface area contributed by atoms with Gasteiger partial charge in [-0.05, 0) is 49.8 Å². The van der Waals surface area contributed by atoms with Gasteiger partial charge in [-0.3, -0.25) is 9.59 Å². The molecule has 1 saturated heterocycles. The number of hydrogen-bond acceptors (Lipinski definition) is 3. The fourth-order valence-corrected chi connectivity index (χ4v) is 2.87.